The summed E-state index contributed by atoms with van der Waals surface area (Å²) in [5.41, 5.74) is 11.9. The molecule has 1 aromatic heterocycles. The van der Waals surface area contributed by atoms with Gasteiger partial charge in [0.15, 0.2) is 0 Å². The van der Waals surface area contributed by atoms with Crippen LogP contribution in [0.1, 0.15) is 11.1 Å². The highest BCUT2D eigenvalue weighted by Gasteiger charge is 2.33. The average molecular weight is 653 g/mol. The van der Waals surface area contributed by atoms with Crippen LogP contribution >= 0.6 is 0 Å². The fraction of sp³-hybridized carbons (Fsp3) is 0.0455. The topological polar surface area (TPSA) is 42.3 Å². The molecule has 0 spiro atoms. The zero-order chi connectivity index (χ0) is 33.3. The van der Waals surface area contributed by atoms with E-state index < -0.39 is 9.84 Å². The molecule has 5 heteroatoms. The molecule has 0 radical (unpaired) electrons. The highest BCUT2D eigenvalue weighted by atomic mass is 32.2. The Morgan fingerprint density at radius 1 is 0.490 bits per heavy atom. The van der Waals surface area contributed by atoms with Crippen molar-refractivity contribution < 1.29 is 8.42 Å². The SMILES string of the molecule is Cc1ccc(N(c2ccc(C)cc2)c2cc3c(cc2-c2ccc4c(c2)S(=O)(=O)c2ccccc2-4)c2ccccc2n3-c2ccccc2)cc1. The molecule has 49 heavy (non-hydrogen) atoms. The number of benzene rings is 7. The number of fused-ring (bicyclic) bond motifs is 6. The lowest BCUT2D eigenvalue weighted by atomic mass is 9.96. The van der Waals surface area contributed by atoms with Gasteiger partial charge >= 0.3 is 0 Å². The predicted molar refractivity (Wildman–Crippen MR) is 201 cm³/mol. The van der Waals surface area contributed by atoms with E-state index in [2.05, 4.69) is 139 Å². The van der Waals surface area contributed by atoms with Crippen LogP contribution in [0.4, 0.5) is 17.1 Å². The summed E-state index contributed by atoms with van der Waals surface area (Å²) in [5.74, 6) is 0. The first-order valence-electron chi connectivity index (χ1n) is 16.4. The molecule has 7 aromatic carbocycles. The number of para-hydroxylation sites is 2. The van der Waals surface area contributed by atoms with Crippen LogP contribution in [0.3, 0.4) is 0 Å². The molecule has 0 amide bonds. The zero-order valence-corrected chi connectivity index (χ0v) is 27.9. The van der Waals surface area contributed by atoms with Gasteiger partial charge in [-0.2, -0.15) is 0 Å². The van der Waals surface area contributed by atoms with Gasteiger partial charge in [0.25, 0.3) is 0 Å². The molecule has 0 saturated heterocycles. The Labute approximate surface area is 286 Å². The lowest BCUT2D eigenvalue weighted by Crippen LogP contribution is -2.12. The van der Waals surface area contributed by atoms with Crippen LogP contribution in [-0.2, 0) is 9.84 Å². The number of anilines is 3. The highest BCUT2D eigenvalue weighted by molar-refractivity contribution is 7.92. The van der Waals surface area contributed by atoms with Crippen LogP contribution in [-0.4, -0.2) is 13.0 Å². The zero-order valence-electron chi connectivity index (χ0n) is 27.1. The normalized spacial score (nSPS) is 13.0. The van der Waals surface area contributed by atoms with Gasteiger partial charge in [0, 0.05) is 44.5 Å². The van der Waals surface area contributed by atoms with Crippen molar-refractivity contribution in [2.75, 3.05) is 4.90 Å². The molecule has 0 unspecified atom stereocenters. The number of aryl methyl sites for hydroxylation is 2. The molecule has 0 aliphatic carbocycles. The fourth-order valence-corrected chi connectivity index (χ4v) is 8.98. The molecule has 9 rings (SSSR count). The minimum absolute atomic E-state index is 0.348. The van der Waals surface area contributed by atoms with Crippen molar-refractivity contribution in [1.82, 2.24) is 4.57 Å². The molecule has 8 aromatic rings. The van der Waals surface area contributed by atoms with E-state index in [0.29, 0.717) is 9.79 Å². The molecule has 0 bridgehead atoms. The van der Waals surface area contributed by atoms with Crippen LogP contribution in [0.15, 0.2) is 168 Å². The van der Waals surface area contributed by atoms with Crippen molar-refractivity contribution in [3.8, 4) is 27.9 Å². The first kappa shape index (κ1) is 29.2. The van der Waals surface area contributed by atoms with Crippen molar-refractivity contribution >= 4 is 48.7 Å². The van der Waals surface area contributed by atoms with E-state index in [1.807, 2.05) is 30.3 Å². The summed E-state index contributed by atoms with van der Waals surface area (Å²) in [5, 5.41) is 2.23. The number of rotatable bonds is 5. The number of aromatic nitrogens is 1. The number of hydrogen-bond donors (Lipinski definition) is 0. The quantitative estimate of drug-likeness (QED) is 0.186. The molecule has 2 heterocycles. The number of hydrogen-bond acceptors (Lipinski definition) is 3. The van der Waals surface area contributed by atoms with E-state index >= 15 is 0 Å². The minimum Gasteiger partial charge on any atom is -0.310 e. The second-order valence-electron chi connectivity index (χ2n) is 12.8. The third-order valence-corrected chi connectivity index (χ3v) is 11.5. The molecule has 0 N–H and O–H groups in total. The molecule has 0 atom stereocenters. The smallest absolute Gasteiger partial charge is 0.207 e. The van der Waals surface area contributed by atoms with Crippen LogP contribution in [0.2, 0.25) is 0 Å². The van der Waals surface area contributed by atoms with Crippen LogP contribution in [0.5, 0.6) is 0 Å². The van der Waals surface area contributed by atoms with Crippen molar-refractivity contribution in [3.63, 3.8) is 0 Å². The third kappa shape index (κ3) is 4.61. The Balaban J connectivity index is 1.39. The summed E-state index contributed by atoms with van der Waals surface area (Å²) in [6.07, 6.45) is 0. The molecule has 1 aliphatic rings. The van der Waals surface area contributed by atoms with Crippen molar-refractivity contribution in [3.05, 3.63) is 169 Å². The summed E-state index contributed by atoms with van der Waals surface area (Å²) >= 11 is 0. The van der Waals surface area contributed by atoms with E-state index in [1.54, 1.807) is 12.1 Å². The average Bonchev–Trinajstić information content (AvgIpc) is 3.58. The monoisotopic (exact) mass is 652 g/mol. The predicted octanol–water partition coefficient (Wildman–Crippen LogP) is 11.4. The summed E-state index contributed by atoms with van der Waals surface area (Å²) in [6.45, 7) is 4.19. The minimum atomic E-state index is -3.67. The Morgan fingerprint density at radius 3 is 1.82 bits per heavy atom. The summed E-state index contributed by atoms with van der Waals surface area (Å²) in [4.78, 5) is 3.00. The summed E-state index contributed by atoms with van der Waals surface area (Å²) < 4.78 is 30.2. The van der Waals surface area contributed by atoms with E-state index in [4.69, 9.17) is 0 Å². The Hall–Kier alpha value is -5.91. The van der Waals surface area contributed by atoms with Gasteiger partial charge in [-0.3, -0.25) is 0 Å². The van der Waals surface area contributed by atoms with Crippen molar-refractivity contribution in [2.45, 2.75) is 23.6 Å². The lowest BCUT2D eigenvalue weighted by molar-refractivity contribution is 0.598. The maximum atomic E-state index is 13.9. The van der Waals surface area contributed by atoms with Gasteiger partial charge in [-0.1, -0.05) is 102 Å². The van der Waals surface area contributed by atoms with Gasteiger partial charge < -0.3 is 9.47 Å². The highest BCUT2D eigenvalue weighted by Crippen LogP contribution is 2.49. The second-order valence-corrected chi connectivity index (χ2v) is 14.7. The third-order valence-electron chi connectivity index (χ3n) is 9.68. The molecule has 236 valence electrons. The fourth-order valence-electron chi connectivity index (χ4n) is 7.27. The number of sulfone groups is 1. The summed E-state index contributed by atoms with van der Waals surface area (Å²) in [6, 6.07) is 53.8. The standard InChI is InChI=1S/C44H32N2O2S/c1-29-16-21-33(22-17-29)45(34-23-18-30(2)19-24-34)41-28-42-39(35-12-6-8-14-40(35)46(42)32-10-4-3-5-11-32)27-38(41)31-20-25-37-36-13-7-9-15-43(36)49(47,48)44(37)26-31/h3-28H,1-2H3. The van der Waals surface area contributed by atoms with E-state index in [0.717, 1.165) is 66.8 Å². The molecule has 0 saturated carbocycles. The van der Waals surface area contributed by atoms with E-state index in [9.17, 15) is 8.42 Å². The lowest BCUT2D eigenvalue weighted by Gasteiger charge is -2.28. The van der Waals surface area contributed by atoms with E-state index in [-0.39, 0.29) is 0 Å². The van der Waals surface area contributed by atoms with Gasteiger partial charge in [-0.15, -0.1) is 0 Å². The first-order valence-corrected chi connectivity index (χ1v) is 17.9. The molecular weight excluding hydrogens is 621 g/mol. The van der Waals surface area contributed by atoms with E-state index in [1.165, 1.54) is 11.1 Å². The van der Waals surface area contributed by atoms with Gasteiger partial charge in [0.2, 0.25) is 9.84 Å². The molecular formula is C44H32N2O2S. The second kappa shape index (κ2) is 11.1. The Bertz CT molecular complexity index is 2630. The first-order chi connectivity index (χ1) is 23.9. The van der Waals surface area contributed by atoms with Crippen molar-refractivity contribution in [1.29, 1.82) is 0 Å². The summed E-state index contributed by atoms with van der Waals surface area (Å²) in [7, 11) is -3.67. The molecule has 4 nitrogen and oxygen atoms in total. The van der Waals surface area contributed by atoms with Crippen LogP contribution < -0.4 is 4.90 Å². The van der Waals surface area contributed by atoms with Gasteiger partial charge in [-0.05, 0) is 86.1 Å². The maximum Gasteiger partial charge on any atom is 0.207 e. The van der Waals surface area contributed by atoms with Crippen LogP contribution in [0.25, 0.3) is 49.7 Å². The Kier molecular flexibility index (Phi) is 6.61. The van der Waals surface area contributed by atoms with Gasteiger partial charge in [-0.25, -0.2) is 8.42 Å². The van der Waals surface area contributed by atoms with Gasteiger partial charge in [0.05, 0.1) is 26.5 Å². The Morgan fingerprint density at radius 2 is 1.10 bits per heavy atom. The van der Waals surface area contributed by atoms with Crippen molar-refractivity contribution in [2.24, 2.45) is 0 Å². The maximum absolute atomic E-state index is 13.9. The molecule has 1 aliphatic heterocycles. The molecule has 0 fully saturated rings. The van der Waals surface area contributed by atoms with Crippen LogP contribution in [0, 0.1) is 13.8 Å². The largest absolute Gasteiger partial charge is 0.310 e. The van der Waals surface area contributed by atoms with Gasteiger partial charge in [0.1, 0.15) is 0 Å². The number of nitrogens with zero attached hydrogens (tertiary/aromatic N) is 2.